The molecular formula is C23H23F3N2O6. The zero-order chi connectivity index (χ0) is 25.1. The third kappa shape index (κ3) is 5.48. The van der Waals surface area contributed by atoms with Crippen molar-refractivity contribution in [3.8, 4) is 11.1 Å². The zero-order valence-electron chi connectivity index (χ0n) is 18.1. The number of amides is 2. The summed E-state index contributed by atoms with van der Waals surface area (Å²) in [4.78, 5) is 35.7. The number of ether oxygens (including phenoxy) is 1. The Hall–Kier alpha value is -3.60. The first-order valence-corrected chi connectivity index (χ1v) is 10.3. The van der Waals surface area contributed by atoms with E-state index in [1.165, 1.54) is 0 Å². The van der Waals surface area contributed by atoms with E-state index < -0.39 is 48.8 Å². The number of carboxylic acid groups (broad SMARTS) is 1. The number of carbonyl (C=O) groups is 3. The van der Waals surface area contributed by atoms with E-state index in [1.54, 1.807) is 0 Å². The number of carbonyl (C=O) groups excluding carboxylic acids is 2. The van der Waals surface area contributed by atoms with Crippen LogP contribution in [0.5, 0.6) is 0 Å². The number of benzene rings is 2. The number of alkyl halides is 3. The molecule has 0 heterocycles. The Kier molecular flexibility index (Phi) is 7.15. The highest BCUT2D eigenvalue weighted by Gasteiger charge is 2.50. The quantitative estimate of drug-likeness (QED) is 0.461. The first-order chi connectivity index (χ1) is 15.9. The van der Waals surface area contributed by atoms with E-state index in [9.17, 15) is 32.7 Å². The molecule has 2 aromatic rings. The van der Waals surface area contributed by atoms with Crippen LogP contribution in [0.2, 0.25) is 0 Å². The summed E-state index contributed by atoms with van der Waals surface area (Å²) in [6.07, 6.45) is -7.03. The summed E-state index contributed by atoms with van der Waals surface area (Å²) in [6, 6.07) is 13.4. The van der Waals surface area contributed by atoms with Crippen LogP contribution in [-0.4, -0.2) is 59.2 Å². The maximum atomic E-state index is 12.8. The summed E-state index contributed by atoms with van der Waals surface area (Å²) in [5.41, 5.74) is 0.621. The summed E-state index contributed by atoms with van der Waals surface area (Å²) in [5, 5.41) is 22.4. The molecule has 0 aromatic heterocycles. The maximum absolute atomic E-state index is 12.8. The number of nitrogens with one attached hydrogen (secondary N) is 2. The summed E-state index contributed by atoms with van der Waals surface area (Å²) >= 11 is 0. The van der Waals surface area contributed by atoms with Crippen LogP contribution in [-0.2, 0) is 14.3 Å². The van der Waals surface area contributed by atoms with Crippen molar-refractivity contribution in [1.82, 2.24) is 10.6 Å². The number of rotatable bonds is 8. The Bertz CT molecular complexity index is 1040. The van der Waals surface area contributed by atoms with Crippen molar-refractivity contribution in [3.05, 3.63) is 59.7 Å². The number of alkyl carbamates (subject to hydrolysis) is 1. The van der Waals surface area contributed by atoms with Gasteiger partial charge in [-0.2, -0.15) is 13.2 Å². The number of hydrogen-bond donors (Lipinski definition) is 4. The van der Waals surface area contributed by atoms with Crippen molar-refractivity contribution in [2.24, 2.45) is 0 Å². The highest BCUT2D eigenvalue weighted by atomic mass is 19.4. The van der Waals surface area contributed by atoms with Gasteiger partial charge in [-0.3, -0.25) is 9.59 Å². The first kappa shape index (κ1) is 25.0. The zero-order valence-corrected chi connectivity index (χ0v) is 18.1. The van der Waals surface area contributed by atoms with Gasteiger partial charge in [0.25, 0.3) is 0 Å². The fourth-order valence-electron chi connectivity index (χ4n) is 3.65. The largest absolute Gasteiger partial charge is 0.481 e. The highest BCUT2D eigenvalue weighted by molar-refractivity contribution is 5.89. The summed E-state index contributed by atoms with van der Waals surface area (Å²) in [7, 11) is 0. The molecule has 0 radical (unpaired) electrons. The van der Waals surface area contributed by atoms with Crippen LogP contribution in [0.4, 0.5) is 18.0 Å². The molecule has 2 amide bonds. The molecule has 0 spiro atoms. The predicted molar refractivity (Wildman–Crippen MR) is 114 cm³/mol. The molecule has 0 aliphatic heterocycles. The van der Waals surface area contributed by atoms with Crippen LogP contribution >= 0.6 is 0 Å². The lowest BCUT2D eigenvalue weighted by Gasteiger charge is -2.27. The molecule has 2 atom stereocenters. The third-order valence-corrected chi connectivity index (χ3v) is 5.55. The summed E-state index contributed by atoms with van der Waals surface area (Å²) < 4.78 is 43.6. The molecule has 1 aliphatic carbocycles. The Morgan fingerprint density at radius 2 is 1.56 bits per heavy atom. The smallest absolute Gasteiger partial charge is 0.418 e. The molecule has 4 N–H and O–H groups in total. The van der Waals surface area contributed by atoms with Gasteiger partial charge in [-0.05, 0) is 29.2 Å². The molecule has 2 unspecified atom stereocenters. The molecule has 0 bridgehead atoms. The SMILES string of the molecule is CC(O)(CNC(=O)C(CC(=O)O)NC(=O)OCC1c2ccccc2-c2ccccc21)C(F)(F)F. The van der Waals surface area contributed by atoms with Gasteiger partial charge in [-0.25, -0.2) is 4.79 Å². The van der Waals surface area contributed by atoms with Crippen molar-refractivity contribution >= 4 is 18.0 Å². The van der Waals surface area contributed by atoms with E-state index in [2.05, 4.69) is 5.32 Å². The first-order valence-electron chi connectivity index (χ1n) is 10.3. The van der Waals surface area contributed by atoms with E-state index >= 15 is 0 Å². The maximum Gasteiger partial charge on any atom is 0.418 e. The van der Waals surface area contributed by atoms with E-state index in [1.807, 2.05) is 53.8 Å². The summed E-state index contributed by atoms with van der Waals surface area (Å²) in [5.74, 6) is -2.96. The van der Waals surface area contributed by atoms with Crippen molar-refractivity contribution < 1.29 is 42.5 Å². The molecule has 0 fully saturated rings. The molecule has 3 rings (SSSR count). The number of halogens is 3. The Morgan fingerprint density at radius 1 is 1.03 bits per heavy atom. The Balaban J connectivity index is 1.64. The minimum atomic E-state index is -5.03. The molecule has 182 valence electrons. The van der Waals surface area contributed by atoms with E-state index in [0.29, 0.717) is 6.92 Å². The lowest BCUT2D eigenvalue weighted by atomic mass is 9.98. The molecule has 8 nitrogen and oxygen atoms in total. The monoisotopic (exact) mass is 480 g/mol. The second-order valence-electron chi connectivity index (χ2n) is 8.11. The molecule has 11 heteroatoms. The molecule has 34 heavy (non-hydrogen) atoms. The van der Waals surface area contributed by atoms with Crippen molar-refractivity contribution in [2.75, 3.05) is 13.2 Å². The van der Waals surface area contributed by atoms with E-state index in [-0.39, 0.29) is 12.5 Å². The van der Waals surface area contributed by atoms with Crippen LogP contribution in [0.15, 0.2) is 48.5 Å². The van der Waals surface area contributed by atoms with Crippen LogP contribution < -0.4 is 10.6 Å². The van der Waals surface area contributed by atoms with Gasteiger partial charge >= 0.3 is 18.2 Å². The highest BCUT2D eigenvalue weighted by Crippen LogP contribution is 2.44. The minimum Gasteiger partial charge on any atom is -0.481 e. The second-order valence-corrected chi connectivity index (χ2v) is 8.11. The average Bonchev–Trinajstić information content (AvgIpc) is 3.08. The van der Waals surface area contributed by atoms with Crippen LogP contribution in [0.25, 0.3) is 11.1 Å². The van der Waals surface area contributed by atoms with Crippen LogP contribution in [0.3, 0.4) is 0 Å². The number of aliphatic hydroxyl groups is 1. The van der Waals surface area contributed by atoms with Crippen molar-refractivity contribution in [2.45, 2.75) is 37.1 Å². The topological polar surface area (TPSA) is 125 Å². The third-order valence-electron chi connectivity index (χ3n) is 5.55. The standard InChI is InChI=1S/C23H23F3N2O6/c1-22(33,23(24,25)26)12-27-20(31)18(10-19(29)30)28-21(32)34-11-17-15-8-4-2-6-13(15)14-7-3-5-9-16(14)17/h2-9,17-18,33H,10-12H2,1H3,(H,27,31)(H,28,32)(H,29,30). The minimum absolute atomic E-state index is 0.107. The van der Waals surface area contributed by atoms with Crippen LogP contribution in [0.1, 0.15) is 30.4 Å². The second kappa shape index (κ2) is 9.72. The average molecular weight is 480 g/mol. The van der Waals surface area contributed by atoms with Crippen LogP contribution in [0, 0.1) is 0 Å². The lowest BCUT2D eigenvalue weighted by molar-refractivity contribution is -0.250. The van der Waals surface area contributed by atoms with Gasteiger partial charge in [-0.15, -0.1) is 0 Å². The van der Waals surface area contributed by atoms with Gasteiger partial charge in [0.05, 0.1) is 13.0 Å². The fourth-order valence-corrected chi connectivity index (χ4v) is 3.65. The van der Waals surface area contributed by atoms with Gasteiger partial charge in [0, 0.05) is 5.92 Å². The van der Waals surface area contributed by atoms with Crippen molar-refractivity contribution in [1.29, 1.82) is 0 Å². The molecule has 0 saturated heterocycles. The fraction of sp³-hybridized carbons (Fsp3) is 0.348. The number of fused-ring (bicyclic) bond motifs is 3. The Labute approximate surface area is 192 Å². The number of aliphatic carboxylic acids is 1. The van der Waals surface area contributed by atoms with Gasteiger partial charge < -0.3 is 25.6 Å². The normalized spacial score (nSPS) is 15.4. The van der Waals surface area contributed by atoms with Crippen molar-refractivity contribution in [3.63, 3.8) is 0 Å². The number of hydrogen-bond acceptors (Lipinski definition) is 5. The predicted octanol–water partition coefficient (Wildman–Crippen LogP) is 2.80. The van der Waals surface area contributed by atoms with E-state index in [4.69, 9.17) is 9.84 Å². The summed E-state index contributed by atoms with van der Waals surface area (Å²) in [6.45, 7) is -0.875. The number of carboxylic acids is 1. The molecule has 1 aliphatic rings. The van der Waals surface area contributed by atoms with E-state index in [0.717, 1.165) is 22.3 Å². The molecule has 0 saturated carbocycles. The Morgan fingerprint density at radius 3 is 2.06 bits per heavy atom. The van der Waals surface area contributed by atoms with Gasteiger partial charge in [0.15, 0.2) is 5.60 Å². The van der Waals surface area contributed by atoms with Gasteiger partial charge in [0.1, 0.15) is 12.6 Å². The molecular weight excluding hydrogens is 457 g/mol. The lowest BCUT2D eigenvalue weighted by Crippen LogP contribution is -2.55. The van der Waals surface area contributed by atoms with Gasteiger partial charge in [0.2, 0.25) is 5.91 Å². The molecule has 2 aromatic carbocycles. The van der Waals surface area contributed by atoms with Gasteiger partial charge in [-0.1, -0.05) is 48.5 Å².